The molecule has 0 amide bonds. The number of hydrogen-bond acceptors (Lipinski definition) is 3. The van der Waals surface area contributed by atoms with E-state index in [1.807, 2.05) is 13.0 Å². The minimum Gasteiger partial charge on any atom is -0.375 e. The van der Waals surface area contributed by atoms with Crippen molar-refractivity contribution >= 4 is 17.3 Å². The van der Waals surface area contributed by atoms with Crippen molar-refractivity contribution < 1.29 is 4.74 Å². The van der Waals surface area contributed by atoms with E-state index in [4.69, 9.17) is 22.1 Å². The highest BCUT2D eigenvalue weighted by Gasteiger charge is 2.25. The Labute approximate surface area is 114 Å². The van der Waals surface area contributed by atoms with Gasteiger partial charge in [-0.25, -0.2) is 0 Å². The van der Waals surface area contributed by atoms with E-state index in [2.05, 4.69) is 30.9 Å². The van der Waals surface area contributed by atoms with Crippen LogP contribution < -0.4 is 10.6 Å². The zero-order valence-corrected chi connectivity index (χ0v) is 11.9. The van der Waals surface area contributed by atoms with Crippen LogP contribution in [0.25, 0.3) is 0 Å². The maximum absolute atomic E-state index is 6.38. The van der Waals surface area contributed by atoms with Crippen LogP contribution in [-0.2, 0) is 4.74 Å². The molecule has 1 fully saturated rings. The molecule has 0 aromatic heterocycles. The summed E-state index contributed by atoms with van der Waals surface area (Å²) in [5.41, 5.74) is 8.01. The summed E-state index contributed by atoms with van der Waals surface area (Å²) >= 11 is 6.38. The summed E-state index contributed by atoms with van der Waals surface area (Å²) in [7, 11) is 0. The van der Waals surface area contributed by atoms with E-state index in [1.165, 1.54) is 0 Å². The Morgan fingerprint density at radius 2 is 2.17 bits per heavy atom. The first-order valence-electron chi connectivity index (χ1n) is 6.42. The molecule has 0 radical (unpaired) electrons. The standard InChI is InChI=1S/C14H21ClN2O/c1-9-8-18-10(2)7-17(9)14-5-4-12(11(3)16)6-13(14)15/h4-6,9-11H,7-8,16H2,1-3H3/t9?,10?,11-/m0/s1. The summed E-state index contributed by atoms with van der Waals surface area (Å²) in [5, 5.41) is 0.769. The van der Waals surface area contributed by atoms with Crippen LogP contribution in [0.5, 0.6) is 0 Å². The van der Waals surface area contributed by atoms with Crippen molar-refractivity contribution in [3.63, 3.8) is 0 Å². The molecule has 100 valence electrons. The number of nitrogens with two attached hydrogens (primary N) is 1. The highest BCUT2D eigenvalue weighted by atomic mass is 35.5. The molecule has 1 aliphatic rings. The van der Waals surface area contributed by atoms with Gasteiger partial charge in [0.1, 0.15) is 0 Å². The molecule has 3 nitrogen and oxygen atoms in total. The van der Waals surface area contributed by atoms with E-state index in [0.29, 0.717) is 6.04 Å². The van der Waals surface area contributed by atoms with Gasteiger partial charge < -0.3 is 15.4 Å². The van der Waals surface area contributed by atoms with E-state index >= 15 is 0 Å². The smallest absolute Gasteiger partial charge is 0.0723 e. The molecule has 3 atom stereocenters. The molecule has 0 bridgehead atoms. The van der Waals surface area contributed by atoms with E-state index in [-0.39, 0.29) is 12.1 Å². The molecule has 1 aromatic rings. The molecule has 4 heteroatoms. The van der Waals surface area contributed by atoms with Crippen LogP contribution >= 0.6 is 11.6 Å². The number of morpholine rings is 1. The fourth-order valence-corrected chi connectivity index (χ4v) is 2.58. The molecule has 2 rings (SSSR count). The van der Waals surface area contributed by atoms with Crippen LogP contribution in [0.2, 0.25) is 5.02 Å². The average molecular weight is 269 g/mol. The van der Waals surface area contributed by atoms with Gasteiger partial charge in [-0.1, -0.05) is 17.7 Å². The van der Waals surface area contributed by atoms with Gasteiger partial charge in [0.25, 0.3) is 0 Å². The van der Waals surface area contributed by atoms with E-state index in [9.17, 15) is 0 Å². The van der Waals surface area contributed by atoms with Crippen molar-refractivity contribution in [2.45, 2.75) is 39.0 Å². The van der Waals surface area contributed by atoms with Gasteiger partial charge in [-0.2, -0.15) is 0 Å². The third-order valence-corrected chi connectivity index (χ3v) is 3.72. The van der Waals surface area contributed by atoms with Gasteiger partial charge in [0.05, 0.1) is 23.4 Å². The number of nitrogens with zero attached hydrogens (tertiary/aromatic N) is 1. The lowest BCUT2D eigenvalue weighted by molar-refractivity contribution is 0.0344. The monoisotopic (exact) mass is 268 g/mol. The predicted molar refractivity (Wildman–Crippen MR) is 76.3 cm³/mol. The largest absolute Gasteiger partial charge is 0.375 e. The summed E-state index contributed by atoms with van der Waals surface area (Å²) in [5.74, 6) is 0. The number of hydrogen-bond donors (Lipinski definition) is 1. The third kappa shape index (κ3) is 2.79. The van der Waals surface area contributed by atoms with Gasteiger partial charge >= 0.3 is 0 Å². The van der Waals surface area contributed by atoms with Crippen molar-refractivity contribution in [3.05, 3.63) is 28.8 Å². The summed E-state index contributed by atoms with van der Waals surface area (Å²) in [6.45, 7) is 7.82. The summed E-state index contributed by atoms with van der Waals surface area (Å²) in [6, 6.07) is 6.44. The molecule has 0 aliphatic carbocycles. The fourth-order valence-electron chi connectivity index (χ4n) is 2.28. The molecular formula is C14H21ClN2O. The second-order valence-electron chi connectivity index (χ2n) is 5.14. The van der Waals surface area contributed by atoms with Gasteiger partial charge in [-0.3, -0.25) is 0 Å². The van der Waals surface area contributed by atoms with Crippen molar-refractivity contribution in [1.29, 1.82) is 0 Å². The second-order valence-corrected chi connectivity index (χ2v) is 5.55. The van der Waals surface area contributed by atoms with Crippen LogP contribution in [0.1, 0.15) is 32.4 Å². The van der Waals surface area contributed by atoms with Crippen LogP contribution in [0.3, 0.4) is 0 Å². The number of anilines is 1. The topological polar surface area (TPSA) is 38.5 Å². The van der Waals surface area contributed by atoms with Crippen molar-refractivity contribution in [2.75, 3.05) is 18.1 Å². The number of benzene rings is 1. The maximum Gasteiger partial charge on any atom is 0.0723 e. The van der Waals surface area contributed by atoms with Crippen molar-refractivity contribution in [3.8, 4) is 0 Å². The van der Waals surface area contributed by atoms with Crippen LogP contribution in [0.4, 0.5) is 5.69 Å². The Morgan fingerprint density at radius 3 is 2.78 bits per heavy atom. The molecule has 1 saturated heterocycles. The highest BCUT2D eigenvalue weighted by molar-refractivity contribution is 6.33. The van der Waals surface area contributed by atoms with Crippen molar-refractivity contribution in [2.24, 2.45) is 5.73 Å². The van der Waals surface area contributed by atoms with Gasteiger partial charge in [0, 0.05) is 18.6 Å². The lowest BCUT2D eigenvalue weighted by Gasteiger charge is -2.39. The third-order valence-electron chi connectivity index (χ3n) is 3.41. The van der Waals surface area contributed by atoms with Crippen LogP contribution in [0.15, 0.2) is 18.2 Å². The Morgan fingerprint density at radius 1 is 1.44 bits per heavy atom. The van der Waals surface area contributed by atoms with Gasteiger partial charge in [-0.15, -0.1) is 0 Å². The zero-order valence-electron chi connectivity index (χ0n) is 11.2. The zero-order chi connectivity index (χ0) is 13.3. The molecule has 2 unspecified atom stereocenters. The molecule has 2 N–H and O–H groups in total. The lowest BCUT2D eigenvalue weighted by atomic mass is 10.1. The highest BCUT2D eigenvalue weighted by Crippen LogP contribution is 2.31. The number of rotatable bonds is 2. The molecule has 0 saturated carbocycles. The minimum absolute atomic E-state index is 0.0117. The minimum atomic E-state index is 0.0117. The normalized spacial score (nSPS) is 26.2. The molecule has 1 heterocycles. The van der Waals surface area contributed by atoms with Crippen LogP contribution in [0, 0.1) is 0 Å². The number of ether oxygens (including phenoxy) is 1. The van der Waals surface area contributed by atoms with E-state index in [1.54, 1.807) is 0 Å². The summed E-state index contributed by atoms with van der Waals surface area (Å²) in [4.78, 5) is 2.31. The molecule has 0 spiro atoms. The SMILES string of the molecule is CC1CN(c2ccc([C@H](C)N)cc2Cl)C(C)CO1. The first-order chi connectivity index (χ1) is 8.49. The first kappa shape index (κ1) is 13.7. The summed E-state index contributed by atoms with van der Waals surface area (Å²) in [6.07, 6.45) is 0.241. The summed E-state index contributed by atoms with van der Waals surface area (Å²) < 4.78 is 5.64. The lowest BCUT2D eigenvalue weighted by Crippen LogP contribution is -2.47. The quantitative estimate of drug-likeness (QED) is 0.896. The number of halogens is 1. The molecule has 1 aliphatic heterocycles. The van der Waals surface area contributed by atoms with E-state index in [0.717, 1.165) is 29.4 Å². The Hall–Kier alpha value is -0.770. The van der Waals surface area contributed by atoms with Crippen LogP contribution in [-0.4, -0.2) is 25.3 Å². The maximum atomic E-state index is 6.38. The van der Waals surface area contributed by atoms with Gasteiger partial charge in [0.2, 0.25) is 0 Å². The fraction of sp³-hybridized carbons (Fsp3) is 0.571. The Bertz CT molecular complexity index is 422. The predicted octanol–water partition coefficient (Wildman–Crippen LogP) is 2.97. The van der Waals surface area contributed by atoms with Gasteiger partial charge in [0.15, 0.2) is 0 Å². The Balaban J connectivity index is 2.27. The average Bonchev–Trinajstić information content (AvgIpc) is 2.32. The molecule has 1 aromatic carbocycles. The molecule has 18 heavy (non-hydrogen) atoms. The van der Waals surface area contributed by atoms with Crippen molar-refractivity contribution in [1.82, 2.24) is 0 Å². The molecular weight excluding hydrogens is 248 g/mol. The Kier molecular flexibility index (Phi) is 4.15. The van der Waals surface area contributed by atoms with Gasteiger partial charge in [-0.05, 0) is 38.5 Å². The van der Waals surface area contributed by atoms with E-state index < -0.39 is 0 Å². The second kappa shape index (κ2) is 5.47. The first-order valence-corrected chi connectivity index (χ1v) is 6.80.